The molecule has 2 heterocycles. The molecule has 4 rings (SSSR count). The number of halogens is 1. The third-order valence-corrected chi connectivity index (χ3v) is 6.12. The van der Waals surface area contributed by atoms with Crippen molar-refractivity contribution in [2.75, 3.05) is 0 Å². The fraction of sp³-hybridized carbons (Fsp3) is 0.136. The summed E-state index contributed by atoms with van der Waals surface area (Å²) in [6, 6.07) is 17.7. The Balaban J connectivity index is 1.65. The summed E-state index contributed by atoms with van der Waals surface area (Å²) in [6.07, 6.45) is 0. The van der Waals surface area contributed by atoms with Crippen LogP contribution < -0.4 is 11.2 Å². The van der Waals surface area contributed by atoms with Crippen LogP contribution in [0.25, 0.3) is 10.2 Å². The number of thiophene rings is 1. The Labute approximate surface area is 180 Å². The number of hydrogen-bond donors (Lipinski definition) is 0. The number of fused-ring (bicyclic) bond motifs is 1. The molecule has 0 fully saturated rings. The predicted octanol–water partition coefficient (Wildman–Crippen LogP) is 3.82. The fourth-order valence-electron chi connectivity index (χ4n) is 3.09. The maximum absolute atomic E-state index is 12.9. The van der Waals surface area contributed by atoms with Gasteiger partial charge in [-0.1, -0.05) is 54.1 Å². The summed E-state index contributed by atoms with van der Waals surface area (Å²) in [7, 11) is 1.59. The van der Waals surface area contributed by atoms with Crippen molar-refractivity contribution in [1.82, 2.24) is 9.13 Å². The van der Waals surface area contributed by atoms with Gasteiger partial charge < -0.3 is 4.74 Å². The van der Waals surface area contributed by atoms with Gasteiger partial charge in [-0.25, -0.2) is 9.59 Å². The topological polar surface area (TPSA) is 70.3 Å². The van der Waals surface area contributed by atoms with Gasteiger partial charge in [-0.05, 0) is 29.3 Å². The zero-order valence-corrected chi connectivity index (χ0v) is 17.6. The van der Waals surface area contributed by atoms with E-state index in [4.69, 9.17) is 16.3 Å². The van der Waals surface area contributed by atoms with Gasteiger partial charge >= 0.3 is 11.7 Å². The molecule has 0 saturated heterocycles. The van der Waals surface area contributed by atoms with E-state index in [0.717, 1.165) is 22.5 Å². The van der Waals surface area contributed by atoms with Gasteiger partial charge in [-0.2, -0.15) is 0 Å². The molecular formula is C22H17ClN2O4S. The first-order chi connectivity index (χ1) is 14.4. The minimum Gasteiger partial charge on any atom is -0.457 e. The van der Waals surface area contributed by atoms with E-state index in [1.165, 1.54) is 15.2 Å². The van der Waals surface area contributed by atoms with E-state index < -0.39 is 17.2 Å². The lowest BCUT2D eigenvalue weighted by atomic mass is 10.2. The second-order valence-electron chi connectivity index (χ2n) is 6.75. The molecule has 0 aliphatic carbocycles. The van der Waals surface area contributed by atoms with Gasteiger partial charge in [0.25, 0.3) is 5.56 Å². The number of carbonyl (C=O) groups excluding carboxylic acids is 1. The van der Waals surface area contributed by atoms with Crippen molar-refractivity contribution in [1.29, 1.82) is 0 Å². The number of nitrogens with zero attached hydrogens (tertiary/aromatic N) is 2. The van der Waals surface area contributed by atoms with Gasteiger partial charge in [0.1, 0.15) is 16.3 Å². The molecule has 0 aliphatic rings. The molecule has 2 aromatic heterocycles. The zero-order chi connectivity index (χ0) is 21.3. The van der Waals surface area contributed by atoms with Crippen LogP contribution in [-0.2, 0) is 24.9 Å². The number of rotatable bonds is 5. The zero-order valence-electron chi connectivity index (χ0n) is 16.0. The van der Waals surface area contributed by atoms with Crippen molar-refractivity contribution >= 4 is 39.1 Å². The molecule has 0 atom stereocenters. The molecule has 4 aromatic rings. The monoisotopic (exact) mass is 440 g/mol. The number of hydrogen-bond acceptors (Lipinski definition) is 5. The number of esters is 1. The van der Waals surface area contributed by atoms with Crippen molar-refractivity contribution in [3.63, 3.8) is 0 Å². The maximum Gasteiger partial charge on any atom is 0.348 e. The minimum absolute atomic E-state index is 0.0847. The number of benzene rings is 2. The van der Waals surface area contributed by atoms with Crippen LogP contribution in [0.4, 0.5) is 0 Å². The Morgan fingerprint density at radius 1 is 1.03 bits per heavy atom. The summed E-state index contributed by atoms with van der Waals surface area (Å²) in [5.41, 5.74) is 0.782. The van der Waals surface area contributed by atoms with Crippen molar-refractivity contribution in [2.24, 2.45) is 7.05 Å². The van der Waals surface area contributed by atoms with Crippen molar-refractivity contribution in [3.05, 3.63) is 103 Å². The first kappa shape index (κ1) is 20.1. The van der Waals surface area contributed by atoms with Crippen molar-refractivity contribution in [3.8, 4) is 0 Å². The summed E-state index contributed by atoms with van der Waals surface area (Å²) in [5.74, 6) is -0.549. The average molecular weight is 441 g/mol. The summed E-state index contributed by atoms with van der Waals surface area (Å²) in [5, 5.41) is 0.916. The quantitative estimate of drug-likeness (QED) is 0.442. The van der Waals surface area contributed by atoms with Crippen molar-refractivity contribution < 1.29 is 9.53 Å². The van der Waals surface area contributed by atoms with E-state index >= 15 is 0 Å². The van der Waals surface area contributed by atoms with Gasteiger partial charge in [-0.15, -0.1) is 11.3 Å². The van der Waals surface area contributed by atoms with Crippen LogP contribution in [0.15, 0.2) is 70.3 Å². The highest BCUT2D eigenvalue weighted by atomic mass is 35.5. The molecule has 0 bridgehead atoms. The number of carbonyl (C=O) groups is 1. The van der Waals surface area contributed by atoms with Crippen LogP contribution in [0.2, 0.25) is 5.02 Å². The van der Waals surface area contributed by atoms with Gasteiger partial charge in [0.15, 0.2) is 0 Å². The second-order valence-corrected chi connectivity index (χ2v) is 8.22. The standard InChI is InChI=1S/C22H17ClN2O4S/c1-24-20-17(19(26)25(22(24)28)12-14-5-3-2-4-6-14)11-18(30-20)21(27)29-13-15-7-9-16(23)10-8-15/h2-11H,12-13H2,1H3. The number of aromatic nitrogens is 2. The lowest BCUT2D eigenvalue weighted by Gasteiger charge is -2.08. The third-order valence-electron chi connectivity index (χ3n) is 4.68. The molecule has 30 heavy (non-hydrogen) atoms. The molecule has 0 spiro atoms. The Morgan fingerprint density at radius 3 is 2.43 bits per heavy atom. The van der Waals surface area contributed by atoms with Crippen LogP contribution in [0.5, 0.6) is 0 Å². The predicted molar refractivity (Wildman–Crippen MR) is 117 cm³/mol. The Kier molecular flexibility index (Phi) is 5.57. The van der Waals surface area contributed by atoms with Gasteiger partial charge in [0.05, 0.1) is 11.9 Å². The summed E-state index contributed by atoms with van der Waals surface area (Å²) in [6.45, 7) is 0.246. The summed E-state index contributed by atoms with van der Waals surface area (Å²) >= 11 is 6.92. The minimum atomic E-state index is -0.549. The Morgan fingerprint density at radius 2 is 1.73 bits per heavy atom. The molecule has 6 nitrogen and oxygen atoms in total. The van der Waals surface area contributed by atoms with Crippen LogP contribution >= 0.6 is 22.9 Å². The van der Waals surface area contributed by atoms with E-state index in [1.54, 1.807) is 31.3 Å². The molecule has 152 valence electrons. The lowest BCUT2D eigenvalue weighted by Crippen LogP contribution is -2.38. The van der Waals surface area contributed by atoms with Crippen LogP contribution in [0, 0.1) is 0 Å². The average Bonchev–Trinajstić information content (AvgIpc) is 3.21. The van der Waals surface area contributed by atoms with Gasteiger partial charge in [0, 0.05) is 12.1 Å². The normalized spacial score (nSPS) is 11.0. The highest BCUT2D eigenvalue weighted by molar-refractivity contribution is 7.20. The third kappa shape index (κ3) is 3.94. The van der Waals surface area contributed by atoms with Crippen LogP contribution in [0.3, 0.4) is 0 Å². The number of aryl methyl sites for hydroxylation is 1. The maximum atomic E-state index is 12.9. The molecule has 0 unspecified atom stereocenters. The van der Waals surface area contributed by atoms with E-state index in [0.29, 0.717) is 15.2 Å². The fourth-order valence-corrected chi connectivity index (χ4v) is 4.22. The molecular weight excluding hydrogens is 424 g/mol. The highest BCUT2D eigenvalue weighted by Gasteiger charge is 2.19. The molecule has 0 aliphatic heterocycles. The molecule has 0 radical (unpaired) electrons. The summed E-state index contributed by atoms with van der Waals surface area (Å²) in [4.78, 5) is 38.9. The lowest BCUT2D eigenvalue weighted by molar-refractivity contribution is 0.0478. The van der Waals surface area contributed by atoms with E-state index in [9.17, 15) is 14.4 Å². The Bertz CT molecular complexity index is 1340. The highest BCUT2D eigenvalue weighted by Crippen LogP contribution is 2.23. The molecule has 0 N–H and O–H groups in total. The largest absolute Gasteiger partial charge is 0.457 e. The van der Waals surface area contributed by atoms with E-state index in [-0.39, 0.29) is 18.0 Å². The Hall–Kier alpha value is -3.16. The SMILES string of the molecule is Cn1c(=O)n(Cc2ccccc2)c(=O)c2cc(C(=O)OCc3ccc(Cl)cc3)sc21. The van der Waals surface area contributed by atoms with Gasteiger partial charge in [0.2, 0.25) is 0 Å². The van der Waals surface area contributed by atoms with Crippen LogP contribution in [0.1, 0.15) is 20.8 Å². The molecule has 0 amide bonds. The van der Waals surface area contributed by atoms with E-state index in [1.807, 2.05) is 30.3 Å². The molecule has 8 heteroatoms. The van der Waals surface area contributed by atoms with Gasteiger partial charge in [-0.3, -0.25) is 13.9 Å². The van der Waals surface area contributed by atoms with Crippen molar-refractivity contribution in [2.45, 2.75) is 13.2 Å². The second kappa shape index (κ2) is 8.30. The molecule has 2 aromatic carbocycles. The first-order valence-electron chi connectivity index (χ1n) is 9.13. The molecule has 0 saturated carbocycles. The smallest absolute Gasteiger partial charge is 0.348 e. The first-order valence-corrected chi connectivity index (χ1v) is 10.3. The number of ether oxygens (including phenoxy) is 1. The van der Waals surface area contributed by atoms with Crippen LogP contribution in [-0.4, -0.2) is 15.1 Å². The summed E-state index contributed by atoms with van der Waals surface area (Å²) < 4.78 is 7.91. The van der Waals surface area contributed by atoms with E-state index in [2.05, 4.69) is 0 Å².